The Hall–Kier alpha value is -0.980. The van der Waals surface area contributed by atoms with E-state index in [0.29, 0.717) is 23.0 Å². The summed E-state index contributed by atoms with van der Waals surface area (Å²) in [6, 6.07) is 4.68. The summed E-state index contributed by atoms with van der Waals surface area (Å²) in [4.78, 5) is 12.0. The van der Waals surface area contributed by atoms with Gasteiger partial charge in [0.1, 0.15) is 0 Å². The molecule has 0 heterocycles. The van der Waals surface area contributed by atoms with E-state index < -0.39 is 10.0 Å². The molecule has 1 aromatic rings. The molecular formula is C18H26Cl2N2O3S. The number of sulfonamides is 1. The van der Waals surface area contributed by atoms with Crippen LogP contribution in [-0.2, 0) is 14.8 Å². The van der Waals surface area contributed by atoms with Crippen LogP contribution in [-0.4, -0.2) is 33.7 Å². The van der Waals surface area contributed by atoms with Gasteiger partial charge < -0.3 is 5.32 Å². The van der Waals surface area contributed by atoms with E-state index in [-0.39, 0.29) is 23.9 Å². The van der Waals surface area contributed by atoms with Crippen molar-refractivity contribution in [2.45, 2.75) is 44.9 Å². The highest BCUT2D eigenvalue weighted by Crippen LogP contribution is 2.30. The van der Waals surface area contributed by atoms with Gasteiger partial charge in [0.15, 0.2) is 0 Å². The van der Waals surface area contributed by atoms with E-state index in [9.17, 15) is 13.2 Å². The van der Waals surface area contributed by atoms with Crippen LogP contribution in [0.5, 0.6) is 0 Å². The molecule has 0 radical (unpaired) electrons. The Kier molecular flexibility index (Phi) is 8.05. The molecule has 8 heteroatoms. The molecule has 0 saturated heterocycles. The van der Waals surface area contributed by atoms with Gasteiger partial charge in [-0.3, -0.25) is 9.10 Å². The number of anilines is 1. The van der Waals surface area contributed by atoms with Crippen molar-refractivity contribution in [1.82, 2.24) is 5.32 Å². The number of amides is 1. The van der Waals surface area contributed by atoms with Crippen molar-refractivity contribution in [2.24, 2.45) is 5.92 Å². The molecule has 2 rings (SSSR count). The first-order valence-electron chi connectivity index (χ1n) is 8.97. The first-order valence-corrected chi connectivity index (χ1v) is 11.6. The quantitative estimate of drug-likeness (QED) is 0.683. The van der Waals surface area contributed by atoms with Gasteiger partial charge in [0, 0.05) is 24.5 Å². The van der Waals surface area contributed by atoms with Gasteiger partial charge in [-0.15, -0.1) is 0 Å². The maximum absolute atomic E-state index is 12.1. The second-order valence-corrected chi connectivity index (χ2v) is 9.59. The Balaban J connectivity index is 1.86. The number of nitrogens with one attached hydrogen (secondary N) is 1. The largest absolute Gasteiger partial charge is 0.356 e. The standard InChI is InChI=1S/C18H26Cl2N2O3S/c1-26(24,25)22(17-10-9-15(19)12-16(17)20)11-5-8-18(23)21-13-14-6-3-2-4-7-14/h9-10,12,14H,2-8,11,13H2,1H3,(H,21,23). The number of hydrogen-bond acceptors (Lipinski definition) is 3. The lowest BCUT2D eigenvalue weighted by Crippen LogP contribution is -2.33. The highest BCUT2D eigenvalue weighted by atomic mass is 35.5. The van der Waals surface area contributed by atoms with E-state index in [4.69, 9.17) is 23.2 Å². The van der Waals surface area contributed by atoms with Crippen LogP contribution in [0.3, 0.4) is 0 Å². The van der Waals surface area contributed by atoms with Gasteiger partial charge in [-0.05, 0) is 43.4 Å². The molecule has 1 saturated carbocycles. The summed E-state index contributed by atoms with van der Waals surface area (Å²) < 4.78 is 25.4. The molecular weight excluding hydrogens is 395 g/mol. The third-order valence-corrected chi connectivity index (χ3v) is 6.37. The Bertz CT molecular complexity index is 719. The average Bonchev–Trinajstić information content (AvgIpc) is 2.58. The molecule has 0 unspecified atom stereocenters. The summed E-state index contributed by atoms with van der Waals surface area (Å²) in [5.41, 5.74) is 0.376. The number of rotatable bonds is 8. The lowest BCUT2D eigenvalue weighted by molar-refractivity contribution is -0.121. The minimum absolute atomic E-state index is 0.0359. The van der Waals surface area contributed by atoms with Crippen molar-refractivity contribution in [1.29, 1.82) is 0 Å². The fourth-order valence-electron chi connectivity index (χ4n) is 3.27. The highest BCUT2D eigenvalue weighted by Gasteiger charge is 2.20. The Labute approximate surface area is 166 Å². The van der Waals surface area contributed by atoms with Crippen molar-refractivity contribution in [3.8, 4) is 0 Å². The number of halogens is 2. The van der Waals surface area contributed by atoms with Crippen LogP contribution in [0.4, 0.5) is 5.69 Å². The van der Waals surface area contributed by atoms with E-state index >= 15 is 0 Å². The summed E-state index contributed by atoms with van der Waals surface area (Å²) >= 11 is 12.0. The molecule has 0 aromatic heterocycles. The highest BCUT2D eigenvalue weighted by molar-refractivity contribution is 7.92. The molecule has 0 aliphatic heterocycles. The zero-order chi connectivity index (χ0) is 19.2. The van der Waals surface area contributed by atoms with Crippen LogP contribution in [0.1, 0.15) is 44.9 Å². The van der Waals surface area contributed by atoms with E-state index in [1.165, 1.54) is 42.5 Å². The SMILES string of the molecule is CS(=O)(=O)N(CCCC(=O)NCC1CCCCC1)c1ccc(Cl)cc1Cl. The average molecular weight is 421 g/mol. The predicted molar refractivity (Wildman–Crippen MR) is 107 cm³/mol. The fourth-order valence-corrected chi connectivity index (χ4v) is 4.81. The second kappa shape index (κ2) is 9.81. The molecule has 1 N–H and O–H groups in total. The topological polar surface area (TPSA) is 66.5 Å². The van der Waals surface area contributed by atoms with Gasteiger partial charge >= 0.3 is 0 Å². The molecule has 146 valence electrons. The molecule has 26 heavy (non-hydrogen) atoms. The van der Waals surface area contributed by atoms with Crippen LogP contribution in [0.2, 0.25) is 10.0 Å². The van der Waals surface area contributed by atoms with Crippen LogP contribution in [0.25, 0.3) is 0 Å². The zero-order valence-corrected chi connectivity index (χ0v) is 17.3. The molecule has 1 aliphatic rings. The Morgan fingerprint density at radius 2 is 1.92 bits per heavy atom. The lowest BCUT2D eigenvalue weighted by atomic mass is 9.89. The third kappa shape index (κ3) is 6.63. The third-order valence-electron chi connectivity index (χ3n) is 4.66. The van der Waals surface area contributed by atoms with Crippen molar-refractivity contribution < 1.29 is 13.2 Å². The number of carbonyl (C=O) groups is 1. The summed E-state index contributed by atoms with van der Waals surface area (Å²) in [6.07, 6.45) is 7.96. The van der Waals surface area contributed by atoms with Gasteiger partial charge in [0.05, 0.1) is 17.0 Å². The second-order valence-electron chi connectivity index (χ2n) is 6.84. The van der Waals surface area contributed by atoms with Crippen molar-refractivity contribution >= 4 is 44.8 Å². The lowest BCUT2D eigenvalue weighted by Gasteiger charge is -2.24. The van der Waals surface area contributed by atoms with Crippen molar-refractivity contribution in [2.75, 3.05) is 23.7 Å². The predicted octanol–water partition coefficient (Wildman–Crippen LogP) is 4.24. The van der Waals surface area contributed by atoms with E-state index in [2.05, 4.69) is 5.32 Å². The molecule has 0 atom stereocenters. The fraction of sp³-hybridized carbons (Fsp3) is 0.611. The molecule has 1 fully saturated rings. The summed E-state index contributed by atoms with van der Waals surface area (Å²) in [7, 11) is -3.51. The molecule has 1 aromatic carbocycles. The van der Waals surface area contributed by atoms with Gasteiger partial charge in [0.2, 0.25) is 15.9 Å². The van der Waals surface area contributed by atoms with Gasteiger partial charge in [-0.25, -0.2) is 8.42 Å². The van der Waals surface area contributed by atoms with Gasteiger partial charge in [-0.1, -0.05) is 42.5 Å². The number of carbonyl (C=O) groups excluding carboxylic acids is 1. The van der Waals surface area contributed by atoms with Crippen LogP contribution >= 0.6 is 23.2 Å². The number of nitrogens with zero attached hydrogens (tertiary/aromatic N) is 1. The first-order chi connectivity index (χ1) is 12.3. The van der Waals surface area contributed by atoms with E-state index in [1.807, 2.05) is 0 Å². The minimum Gasteiger partial charge on any atom is -0.356 e. The van der Waals surface area contributed by atoms with Crippen LogP contribution in [0.15, 0.2) is 18.2 Å². The summed E-state index contributed by atoms with van der Waals surface area (Å²) in [6.45, 7) is 0.911. The summed E-state index contributed by atoms with van der Waals surface area (Å²) in [5, 5.41) is 3.68. The molecule has 1 amide bonds. The van der Waals surface area contributed by atoms with E-state index in [0.717, 1.165) is 12.8 Å². The smallest absolute Gasteiger partial charge is 0.232 e. The Morgan fingerprint density at radius 3 is 2.54 bits per heavy atom. The number of hydrogen-bond donors (Lipinski definition) is 1. The maximum atomic E-state index is 12.1. The maximum Gasteiger partial charge on any atom is 0.232 e. The first kappa shape index (κ1) is 21.3. The Morgan fingerprint density at radius 1 is 1.23 bits per heavy atom. The molecule has 0 spiro atoms. The molecule has 0 bridgehead atoms. The van der Waals surface area contributed by atoms with Crippen LogP contribution < -0.4 is 9.62 Å². The monoisotopic (exact) mass is 420 g/mol. The van der Waals surface area contributed by atoms with E-state index in [1.54, 1.807) is 12.1 Å². The molecule has 5 nitrogen and oxygen atoms in total. The number of benzene rings is 1. The zero-order valence-electron chi connectivity index (χ0n) is 15.0. The van der Waals surface area contributed by atoms with Crippen molar-refractivity contribution in [3.05, 3.63) is 28.2 Å². The normalized spacial score (nSPS) is 15.7. The van der Waals surface area contributed by atoms with Crippen LogP contribution in [0, 0.1) is 5.92 Å². The van der Waals surface area contributed by atoms with Gasteiger partial charge in [0.25, 0.3) is 0 Å². The molecule has 1 aliphatic carbocycles. The minimum atomic E-state index is -3.51. The van der Waals surface area contributed by atoms with Gasteiger partial charge in [-0.2, -0.15) is 0 Å². The summed E-state index contributed by atoms with van der Waals surface area (Å²) in [5.74, 6) is 0.541. The van der Waals surface area contributed by atoms with Crippen molar-refractivity contribution in [3.63, 3.8) is 0 Å².